The molecule has 3 aliphatic rings. The summed E-state index contributed by atoms with van der Waals surface area (Å²) in [5.74, 6) is 1.77. The molecular formula is C27H31ClN5O2+. The van der Waals surface area contributed by atoms with Gasteiger partial charge in [0.1, 0.15) is 13.1 Å². The van der Waals surface area contributed by atoms with Crippen molar-refractivity contribution >= 4 is 35.2 Å². The number of nitrogens with zero attached hydrogens (tertiary/aromatic N) is 5. The van der Waals surface area contributed by atoms with Crippen LogP contribution in [0.5, 0.6) is 0 Å². The number of likely N-dealkylation sites (tertiary alicyclic amines) is 1. The summed E-state index contributed by atoms with van der Waals surface area (Å²) in [6.45, 7) is 3.13. The minimum atomic E-state index is -0.604. The highest BCUT2D eigenvalue weighted by atomic mass is 35.5. The van der Waals surface area contributed by atoms with Crippen LogP contribution in [0.3, 0.4) is 0 Å². The highest BCUT2D eigenvalue weighted by Gasteiger charge is 2.53. The second kappa shape index (κ2) is 9.91. The van der Waals surface area contributed by atoms with E-state index in [0.717, 1.165) is 43.8 Å². The van der Waals surface area contributed by atoms with Crippen molar-refractivity contribution in [1.29, 1.82) is 0 Å². The highest BCUT2D eigenvalue weighted by Crippen LogP contribution is 2.25. The molecule has 2 fully saturated rings. The molecule has 8 heteroatoms. The smallest absolute Gasteiger partial charge is 0.292 e. The number of amides is 3. The Labute approximate surface area is 211 Å². The van der Waals surface area contributed by atoms with Crippen LogP contribution < -0.4 is 0 Å². The van der Waals surface area contributed by atoms with Gasteiger partial charge in [0.05, 0.1) is 0 Å². The largest absolute Gasteiger partial charge is 0.333 e. The Balaban J connectivity index is 1.35. The number of hydrogen-bond acceptors (Lipinski definition) is 4. The molecule has 0 N–H and O–H groups in total. The Hall–Kier alpha value is -3.03. The number of amidine groups is 2. The molecule has 0 radical (unpaired) electrons. The molecule has 0 aliphatic carbocycles. The van der Waals surface area contributed by atoms with Crippen molar-refractivity contribution in [2.24, 2.45) is 10.9 Å². The lowest BCUT2D eigenvalue weighted by atomic mass is 9.90. The van der Waals surface area contributed by atoms with E-state index in [9.17, 15) is 9.59 Å². The fraction of sp³-hybridized carbons (Fsp3) is 0.407. The summed E-state index contributed by atoms with van der Waals surface area (Å²) in [5.41, 5.74) is 2.40. The zero-order chi connectivity index (χ0) is 24.5. The number of imide groups is 1. The molecule has 1 unspecified atom stereocenters. The van der Waals surface area contributed by atoms with Crippen LogP contribution >= 0.6 is 11.6 Å². The maximum atomic E-state index is 13.2. The minimum Gasteiger partial charge on any atom is -0.292 e. The van der Waals surface area contributed by atoms with Crippen LogP contribution in [0.2, 0.25) is 5.02 Å². The Bertz CT molecular complexity index is 1190. The van der Waals surface area contributed by atoms with Gasteiger partial charge in [-0.15, -0.1) is 0 Å². The van der Waals surface area contributed by atoms with Crippen LogP contribution in [-0.4, -0.2) is 82.7 Å². The first-order chi connectivity index (χ1) is 16.9. The molecule has 0 spiro atoms. The van der Waals surface area contributed by atoms with Crippen molar-refractivity contribution in [3.63, 3.8) is 0 Å². The average molecular weight is 493 g/mol. The number of piperidine rings is 1. The Morgan fingerprint density at radius 1 is 0.971 bits per heavy atom. The van der Waals surface area contributed by atoms with E-state index in [0.29, 0.717) is 29.9 Å². The summed E-state index contributed by atoms with van der Waals surface area (Å²) in [5, 5.41) is 0.657. The normalized spacial score (nSPS) is 21.6. The summed E-state index contributed by atoms with van der Waals surface area (Å²) in [7, 11) is 3.22. The lowest BCUT2D eigenvalue weighted by molar-refractivity contribution is -0.552. The zero-order valence-electron chi connectivity index (χ0n) is 20.2. The van der Waals surface area contributed by atoms with E-state index in [1.165, 1.54) is 22.4 Å². The van der Waals surface area contributed by atoms with E-state index < -0.39 is 6.04 Å². The molecule has 0 bridgehead atoms. The summed E-state index contributed by atoms with van der Waals surface area (Å²) in [6.07, 6.45) is 3.39. The molecule has 7 nitrogen and oxygen atoms in total. The van der Waals surface area contributed by atoms with Gasteiger partial charge in [0.2, 0.25) is 0 Å². The third-order valence-electron chi connectivity index (χ3n) is 7.29. The molecule has 3 amide bonds. The lowest BCUT2D eigenvalue weighted by Crippen LogP contribution is -2.61. The van der Waals surface area contributed by atoms with Crippen LogP contribution in [0.4, 0.5) is 4.79 Å². The zero-order valence-corrected chi connectivity index (χ0v) is 21.0. The summed E-state index contributed by atoms with van der Waals surface area (Å²) in [4.78, 5) is 35.7. The third kappa shape index (κ3) is 4.88. The van der Waals surface area contributed by atoms with Crippen molar-refractivity contribution in [3.05, 3.63) is 70.7 Å². The summed E-state index contributed by atoms with van der Waals surface area (Å²) in [6, 6.07) is 17.4. The summed E-state index contributed by atoms with van der Waals surface area (Å²) >= 11 is 6.24. The highest BCUT2D eigenvalue weighted by molar-refractivity contribution is 6.30. The number of halogens is 1. The SMILES string of the molecule is CN1C(=O)C2C(=NC(CN3CCC(Cc4ccccc4)CC3)=[N+]2Cc2cccc(Cl)c2)N(C)C1=O. The van der Waals surface area contributed by atoms with E-state index in [1.54, 1.807) is 7.05 Å². The van der Waals surface area contributed by atoms with Crippen LogP contribution in [0, 0.1) is 5.92 Å². The van der Waals surface area contributed by atoms with Crippen molar-refractivity contribution in [1.82, 2.24) is 14.7 Å². The monoisotopic (exact) mass is 492 g/mol. The van der Waals surface area contributed by atoms with Gasteiger partial charge in [0.15, 0.2) is 0 Å². The lowest BCUT2D eigenvalue weighted by Gasteiger charge is -2.31. The van der Waals surface area contributed by atoms with E-state index in [1.807, 2.05) is 28.8 Å². The molecule has 3 heterocycles. The summed E-state index contributed by atoms with van der Waals surface area (Å²) < 4.78 is 2.04. The van der Waals surface area contributed by atoms with Gasteiger partial charge in [-0.05, 0) is 66.5 Å². The van der Waals surface area contributed by atoms with Gasteiger partial charge >= 0.3 is 11.9 Å². The van der Waals surface area contributed by atoms with E-state index >= 15 is 0 Å². The predicted molar refractivity (Wildman–Crippen MR) is 137 cm³/mol. The first kappa shape index (κ1) is 23.7. The van der Waals surface area contributed by atoms with Crippen LogP contribution in [-0.2, 0) is 17.8 Å². The Kier molecular flexibility index (Phi) is 6.71. The number of urea groups is 1. The standard InChI is InChI=1S/C27H31ClN5O2/c1-30-25-24(26(34)31(2)27(30)35)33(17-21-9-6-10-22(28)16-21)23(29-25)18-32-13-11-20(12-14-32)15-19-7-4-3-5-8-19/h3-10,16,20,24H,11-15,17-18H2,1-2H3/q+1. The first-order valence-electron chi connectivity index (χ1n) is 12.2. The van der Waals surface area contributed by atoms with Gasteiger partial charge in [-0.2, -0.15) is 0 Å². The van der Waals surface area contributed by atoms with E-state index in [4.69, 9.17) is 16.6 Å². The van der Waals surface area contributed by atoms with Crippen molar-refractivity contribution in [2.45, 2.75) is 31.8 Å². The fourth-order valence-corrected chi connectivity index (χ4v) is 5.50. The Morgan fingerprint density at radius 2 is 1.69 bits per heavy atom. The van der Waals surface area contributed by atoms with Crippen LogP contribution in [0.25, 0.3) is 0 Å². The molecular weight excluding hydrogens is 462 g/mol. The fourth-order valence-electron chi connectivity index (χ4n) is 5.29. The van der Waals surface area contributed by atoms with Crippen molar-refractivity contribution in [2.75, 3.05) is 33.7 Å². The number of hydrogen-bond donors (Lipinski definition) is 0. The van der Waals surface area contributed by atoms with Gasteiger partial charge in [0.25, 0.3) is 17.8 Å². The van der Waals surface area contributed by atoms with E-state index in [2.05, 4.69) is 35.2 Å². The predicted octanol–water partition coefficient (Wildman–Crippen LogP) is 3.51. The number of carbonyl (C=O) groups is 2. The average Bonchev–Trinajstić information content (AvgIpc) is 3.21. The molecule has 0 aromatic heterocycles. The molecule has 35 heavy (non-hydrogen) atoms. The number of aliphatic imine (C=N–C) groups is 1. The number of rotatable bonds is 6. The van der Waals surface area contributed by atoms with Crippen molar-refractivity contribution < 1.29 is 14.2 Å². The number of carbonyl (C=O) groups excluding carboxylic acids is 2. The second-order valence-corrected chi connectivity index (χ2v) is 10.1. The van der Waals surface area contributed by atoms with Gasteiger partial charge < -0.3 is 0 Å². The van der Waals surface area contributed by atoms with Gasteiger partial charge in [-0.3, -0.25) is 19.5 Å². The third-order valence-corrected chi connectivity index (χ3v) is 7.53. The molecule has 182 valence electrons. The van der Waals surface area contributed by atoms with E-state index in [-0.39, 0.29) is 11.9 Å². The maximum absolute atomic E-state index is 13.2. The maximum Gasteiger partial charge on any atom is 0.333 e. The van der Waals surface area contributed by atoms with Crippen LogP contribution in [0.1, 0.15) is 24.0 Å². The molecule has 2 aromatic rings. The Morgan fingerprint density at radius 3 is 2.40 bits per heavy atom. The molecule has 3 aliphatic heterocycles. The molecule has 5 rings (SSSR count). The number of likely N-dealkylation sites (N-methyl/N-ethyl adjacent to an activating group) is 2. The quantitative estimate of drug-likeness (QED) is 0.580. The number of fused-ring (bicyclic) bond motifs is 1. The van der Waals surface area contributed by atoms with Gasteiger partial charge in [-0.1, -0.05) is 54.1 Å². The van der Waals surface area contributed by atoms with Gasteiger partial charge in [-0.25, -0.2) is 9.37 Å². The van der Waals surface area contributed by atoms with Crippen LogP contribution in [0.15, 0.2) is 59.6 Å². The minimum absolute atomic E-state index is 0.245. The molecule has 0 saturated carbocycles. The second-order valence-electron chi connectivity index (χ2n) is 9.69. The topological polar surface area (TPSA) is 59.2 Å². The first-order valence-corrected chi connectivity index (χ1v) is 12.6. The number of benzene rings is 2. The molecule has 1 atom stereocenters. The van der Waals surface area contributed by atoms with Gasteiger partial charge in [0, 0.05) is 19.1 Å². The molecule has 2 saturated heterocycles. The van der Waals surface area contributed by atoms with Crippen molar-refractivity contribution in [3.8, 4) is 0 Å². The molecule has 2 aromatic carbocycles.